The number of benzene rings is 4. The molecule has 0 saturated carbocycles. The molecule has 6 rings (SSSR count). The first-order valence-corrected chi connectivity index (χ1v) is 14.8. The van der Waals surface area contributed by atoms with Gasteiger partial charge in [-0.1, -0.05) is 37.4 Å². The van der Waals surface area contributed by atoms with Crippen molar-refractivity contribution in [2.24, 2.45) is 5.73 Å². The van der Waals surface area contributed by atoms with Crippen molar-refractivity contribution in [2.75, 3.05) is 23.0 Å². The lowest BCUT2D eigenvalue weighted by Gasteiger charge is -2.17. The summed E-state index contributed by atoms with van der Waals surface area (Å²) in [6.45, 7) is 6.17. The molecule has 0 unspecified atom stereocenters. The molecule has 0 atom stereocenters. The van der Waals surface area contributed by atoms with Gasteiger partial charge in [0.1, 0.15) is 0 Å². The molecule has 0 aliphatic rings. The molecule has 0 aliphatic heterocycles. The second kappa shape index (κ2) is 13.1. The highest BCUT2D eigenvalue weighted by atomic mass is 19.1. The van der Waals surface area contributed by atoms with Crippen LogP contribution in [0, 0.1) is 0 Å². The van der Waals surface area contributed by atoms with Crippen LogP contribution in [0.2, 0.25) is 0 Å². The minimum atomic E-state index is -1.17. The number of aromatic nitrogens is 3. The molecule has 4 aromatic carbocycles. The van der Waals surface area contributed by atoms with Crippen molar-refractivity contribution >= 4 is 56.6 Å². The Morgan fingerprint density at radius 2 is 1.41 bits per heavy atom. The number of primary amides is 1. The van der Waals surface area contributed by atoms with E-state index in [9.17, 15) is 23.2 Å². The molecule has 6 aromatic rings. The standard InChI is InChI=1S/C37H27F2N7O3/c1-19(38)36(48)44-26-7-8-28(29(17-26)22-4-5-23-18-43-35(34(40)47)46-33(23)16-22)25-12-24(13-27(14-25)45-37(49)20(2)39)21-6-9-32-30(15-21)31(41-3)10-11-42-32/h4-18H,1-2H2,3H3,(H2,40,47)(H,41,42)(H,44,48)(H,45,49). The van der Waals surface area contributed by atoms with Crippen LogP contribution in [0.25, 0.3) is 55.2 Å². The topological polar surface area (TPSA) is 152 Å². The summed E-state index contributed by atoms with van der Waals surface area (Å²) >= 11 is 0. The fourth-order valence-corrected chi connectivity index (χ4v) is 5.39. The second-order valence-corrected chi connectivity index (χ2v) is 10.9. The number of nitrogens with two attached hydrogens (primary N) is 1. The maximum atomic E-state index is 13.9. The Labute approximate surface area is 278 Å². The van der Waals surface area contributed by atoms with Gasteiger partial charge in [-0.15, -0.1) is 0 Å². The number of halogens is 2. The van der Waals surface area contributed by atoms with Crippen molar-refractivity contribution in [3.63, 3.8) is 0 Å². The maximum Gasteiger partial charge on any atom is 0.286 e. The number of fused-ring (bicyclic) bond motifs is 2. The molecule has 49 heavy (non-hydrogen) atoms. The van der Waals surface area contributed by atoms with Gasteiger partial charge in [-0.25, -0.2) is 18.7 Å². The van der Waals surface area contributed by atoms with E-state index in [1.807, 2.05) is 37.4 Å². The summed E-state index contributed by atoms with van der Waals surface area (Å²) < 4.78 is 27.5. The monoisotopic (exact) mass is 655 g/mol. The van der Waals surface area contributed by atoms with E-state index in [-0.39, 0.29) is 17.2 Å². The largest absolute Gasteiger partial charge is 0.388 e. The van der Waals surface area contributed by atoms with Gasteiger partial charge in [-0.3, -0.25) is 19.4 Å². The summed E-state index contributed by atoms with van der Waals surface area (Å²) in [5.41, 5.74) is 11.9. The summed E-state index contributed by atoms with van der Waals surface area (Å²) in [6, 6.07) is 23.1. The van der Waals surface area contributed by atoms with Crippen molar-refractivity contribution < 1.29 is 23.2 Å². The summed E-state index contributed by atoms with van der Waals surface area (Å²) in [6.07, 6.45) is 3.18. The highest BCUT2D eigenvalue weighted by Crippen LogP contribution is 2.39. The molecule has 2 heterocycles. The SMILES string of the molecule is C=C(F)C(=O)Nc1cc(-c2ccc3nccc(NC)c3c2)cc(-c2ccc(NC(=O)C(=C)F)cc2-c2ccc3cnc(C(N)=O)nc3c2)c1. The summed E-state index contributed by atoms with van der Waals surface area (Å²) in [4.78, 5) is 49.2. The Balaban J connectivity index is 1.58. The Bertz CT molecular complexity index is 2380. The van der Waals surface area contributed by atoms with Crippen LogP contribution in [0.1, 0.15) is 10.6 Å². The van der Waals surface area contributed by atoms with E-state index in [1.54, 1.807) is 54.7 Å². The number of pyridine rings is 1. The highest BCUT2D eigenvalue weighted by Gasteiger charge is 2.17. The normalized spacial score (nSPS) is 10.8. The molecule has 0 saturated heterocycles. The molecule has 0 aliphatic carbocycles. The van der Waals surface area contributed by atoms with E-state index < -0.39 is 29.4 Å². The van der Waals surface area contributed by atoms with Crippen LogP contribution >= 0.6 is 0 Å². The van der Waals surface area contributed by atoms with Crippen LogP contribution in [-0.2, 0) is 9.59 Å². The molecule has 2 aromatic heterocycles. The number of carbonyl (C=O) groups excluding carboxylic acids is 3. The van der Waals surface area contributed by atoms with Crippen LogP contribution in [-0.4, -0.2) is 39.7 Å². The lowest BCUT2D eigenvalue weighted by molar-refractivity contribution is -0.114. The van der Waals surface area contributed by atoms with Crippen LogP contribution < -0.4 is 21.7 Å². The maximum absolute atomic E-state index is 13.9. The molecular weight excluding hydrogens is 628 g/mol. The quantitative estimate of drug-likeness (QED) is 0.121. The van der Waals surface area contributed by atoms with Crippen LogP contribution in [0.5, 0.6) is 0 Å². The van der Waals surface area contributed by atoms with E-state index in [0.717, 1.165) is 22.2 Å². The molecule has 242 valence electrons. The second-order valence-electron chi connectivity index (χ2n) is 10.9. The van der Waals surface area contributed by atoms with Crippen molar-refractivity contribution in [1.29, 1.82) is 0 Å². The average molecular weight is 656 g/mol. The lowest BCUT2D eigenvalue weighted by atomic mass is 9.91. The number of carbonyl (C=O) groups is 3. The minimum Gasteiger partial charge on any atom is -0.388 e. The molecule has 12 heteroatoms. The van der Waals surface area contributed by atoms with Gasteiger partial charge in [0.05, 0.1) is 11.0 Å². The fraction of sp³-hybridized carbons (Fsp3) is 0.0270. The first-order chi connectivity index (χ1) is 23.5. The third-order valence-electron chi connectivity index (χ3n) is 7.73. The number of nitrogens with one attached hydrogen (secondary N) is 3. The van der Waals surface area contributed by atoms with Gasteiger partial charge in [0.15, 0.2) is 11.7 Å². The first kappa shape index (κ1) is 32.1. The first-order valence-electron chi connectivity index (χ1n) is 14.8. The molecule has 10 nitrogen and oxygen atoms in total. The van der Waals surface area contributed by atoms with E-state index in [1.165, 1.54) is 6.20 Å². The molecular formula is C37H27F2N7O3. The van der Waals surface area contributed by atoms with Gasteiger partial charge in [-0.2, -0.15) is 0 Å². The van der Waals surface area contributed by atoms with Gasteiger partial charge in [0.25, 0.3) is 17.7 Å². The Morgan fingerprint density at radius 1 is 0.694 bits per heavy atom. The summed E-state index contributed by atoms with van der Waals surface area (Å²) in [7, 11) is 1.81. The van der Waals surface area contributed by atoms with Crippen molar-refractivity contribution in [2.45, 2.75) is 0 Å². The molecule has 3 amide bonds. The Morgan fingerprint density at radius 3 is 2.12 bits per heavy atom. The summed E-state index contributed by atoms with van der Waals surface area (Å²) in [5, 5.41) is 9.72. The fourth-order valence-electron chi connectivity index (χ4n) is 5.39. The number of anilines is 3. The zero-order chi connectivity index (χ0) is 34.8. The molecule has 0 fully saturated rings. The van der Waals surface area contributed by atoms with Gasteiger partial charge < -0.3 is 21.7 Å². The zero-order valence-electron chi connectivity index (χ0n) is 26.0. The zero-order valence-corrected chi connectivity index (χ0v) is 26.0. The average Bonchev–Trinajstić information content (AvgIpc) is 3.10. The van der Waals surface area contributed by atoms with Gasteiger partial charge >= 0.3 is 0 Å². The Hall–Kier alpha value is -6.82. The van der Waals surface area contributed by atoms with Crippen molar-refractivity contribution in [3.05, 3.63) is 122 Å². The molecule has 0 radical (unpaired) electrons. The van der Waals surface area contributed by atoms with Crippen LogP contribution in [0.15, 0.2) is 116 Å². The van der Waals surface area contributed by atoms with E-state index in [4.69, 9.17) is 5.73 Å². The third-order valence-corrected chi connectivity index (χ3v) is 7.73. The predicted octanol–water partition coefficient (Wildman–Crippen LogP) is 7.16. The molecule has 0 bridgehead atoms. The number of hydrogen-bond donors (Lipinski definition) is 4. The van der Waals surface area contributed by atoms with Crippen LogP contribution in [0.3, 0.4) is 0 Å². The predicted molar refractivity (Wildman–Crippen MR) is 187 cm³/mol. The number of hydrogen-bond acceptors (Lipinski definition) is 7. The number of rotatable bonds is 9. The van der Waals surface area contributed by atoms with Gasteiger partial charge in [0, 0.05) is 47.3 Å². The minimum absolute atomic E-state index is 0.165. The van der Waals surface area contributed by atoms with Crippen molar-refractivity contribution in [3.8, 4) is 33.4 Å². The van der Waals surface area contributed by atoms with E-state index in [0.29, 0.717) is 38.7 Å². The summed E-state index contributed by atoms with van der Waals surface area (Å²) in [5.74, 6) is -5.30. The molecule has 0 spiro atoms. The highest BCUT2D eigenvalue weighted by molar-refractivity contribution is 6.04. The molecule has 5 N–H and O–H groups in total. The van der Waals surface area contributed by atoms with E-state index in [2.05, 4.69) is 44.1 Å². The van der Waals surface area contributed by atoms with Crippen molar-refractivity contribution in [1.82, 2.24) is 15.0 Å². The van der Waals surface area contributed by atoms with E-state index >= 15 is 0 Å². The van der Waals surface area contributed by atoms with Crippen LogP contribution in [0.4, 0.5) is 25.8 Å². The van der Waals surface area contributed by atoms with Gasteiger partial charge in [-0.05, 0) is 88.0 Å². The third kappa shape index (κ3) is 6.69. The Kier molecular flexibility index (Phi) is 8.61. The smallest absolute Gasteiger partial charge is 0.286 e. The number of nitrogens with zero attached hydrogens (tertiary/aromatic N) is 3. The number of amides is 3. The van der Waals surface area contributed by atoms with Gasteiger partial charge in [0.2, 0.25) is 5.82 Å². The lowest BCUT2D eigenvalue weighted by Crippen LogP contribution is -2.14.